The van der Waals surface area contributed by atoms with Gasteiger partial charge in [0, 0.05) is 13.0 Å². The molecule has 0 spiro atoms. The summed E-state index contributed by atoms with van der Waals surface area (Å²) >= 11 is 6.29. The number of fused-ring (bicyclic) bond motifs is 1. The van der Waals surface area contributed by atoms with Crippen LogP contribution in [0.3, 0.4) is 0 Å². The van der Waals surface area contributed by atoms with E-state index < -0.39 is 0 Å². The Labute approximate surface area is 123 Å². The van der Waals surface area contributed by atoms with Crippen LogP contribution in [0.1, 0.15) is 29.4 Å². The summed E-state index contributed by atoms with van der Waals surface area (Å²) in [5.74, 6) is 1.90. The molecule has 3 aromatic rings. The van der Waals surface area contributed by atoms with Crippen LogP contribution in [-0.4, -0.2) is 9.55 Å². The average molecular weight is 289 g/mol. The molecule has 0 radical (unpaired) electrons. The number of aryl methyl sites for hydroxylation is 3. The van der Waals surface area contributed by atoms with Crippen molar-refractivity contribution in [1.29, 1.82) is 0 Å². The third-order valence-electron chi connectivity index (χ3n) is 3.52. The van der Waals surface area contributed by atoms with Gasteiger partial charge in [-0.2, -0.15) is 0 Å². The van der Waals surface area contributed by atoms with Crippen LogP contribution in [-0.2, 0) is 13.0 Å². The summed E-state index contributed by atoms with van der Waals surface area (Å²) < 4.78 is 7.62. The van der Waals surface area contributed by atoms with Crippen LogP contribution in [0.15, 0.2) is 41.0 Å². The van der Waals surface area contributed by atoms with Gasteiger partial charge in [0.05, 0.1) is 22.7 Å². The molecule has 2 aromatic heterocycles. The van der Waals surface area contributed by atoms with E-state index in [9.17, 15) is 0 Å². The maximum atomic E-state index is 6.29. The van der Waals surface area contributed by atoms with Crippen LogP contribution < -0.4 is 0 Å². The zero-order valence-electron chi connectivity index (χ0n) is 11.6. The lowest BCUT2D eigenvalue weighted by atomic mass is 10.2. The number of alkyl halides is 1. The Morgan fingerprint density at radius 1 is 1.30 bits per heavy atom. The standard InChI is InChI=1S/C16H17ClN2O/c1-11-5-3-7-14-15(11)19(16(18-14)12(2)17)9-8-13-6-4-10-20-13/h3-7,10,12H,8-9H2,1-2H3. The minimum Gasteiger partial charge on any atom is -0.469 e. The largest absolute Gasteiger partial charge is 0.469 e. The number of imidazole rings is 1. The molecule has 20 heavy (non-hydrogen) atoms. The number of halogens is 1. The van der Waals surface area contributed by atoms with Gasteiger partial charge in [0.15, 0.2) is 0 Å². The minimum absolute atomic E-state index is 0.113. The topological polar surface area (TPSA) is 31.0 Å². The fraction of sp³-hybridized carbons (Fsp3) is 0.312. The van der Waals surface area contributed by atoms with Crippen molar-refractivity contribution in [2.75, 3.05) is 0 Å². The zero-order chi connectivity index (χ0) is 14.1. The highest BCUT2D eigenvalue weighted by Crippen LogP contribution is 2.27. The number of para-hydroxylation sites is 1. The van der Waals surface area contributed by atoms with Gasteiger partial charge in [-0.15, -0.1) is 11.6 Å². The zero-order valence-corrected chi connectivity index (χ0v) is 12.4. The van der Waals surface area contributed by atoms with Crippen molar-refractivity contribution >= 4 is 22.6 Å². The lowest BCUT2D eigenvalue weighted by molar-refractivity contribution is 0.490. The van der Waals surface area contributed by atoms with Gasteiger partial charge in [0.1, 0.15) is 11.6 Å². The van der Waals surface area contributed by atoms with E-state index in [4.69, 9.17) is 16.0 Å². The number of hydrogen-bond acceptors (Lipinski definition) is 2. The van der Waals surface area contributed by atoms with E-state index in [1.165, 1.54) is 11.1 Å². The van der Waals surface area contributed by atoms with Gasteiger partial charge < -0.3 is 8.98 Å². The first kappa shape index (κ1) is 13.3. The molecule has 104 valence electrons. The van der Waals surface area contributed by atoms with E-state index in [2.05, 4.69) is 22.5 Å². The van der Waals surface area contributed by atoms with Gasteiger partial charge in [-0.3, -0.25) is 0 Å². The molecule has 3 nitrogen and oxygen atoms in total. The van der Waals surface area contributed by atoms with E-state index >= 15 is 0 Å². The quantitative estimate of drug-likeness (QED) is 0.663. The number of rotatable bonds is 4. The Balaban J connectivity index is 2.04. The molecule has 1 aromatic carbocycles. The van der Waals surface area contributed by atoms with Crippen molar-refractivity contribution in [3.8, 4) is 0 Å². The van der Waals surface area contributed by atoms with E-state index in [-0.39, 0.29) is 5.38 Å². The summed E-state index contributed by atoms with van der Waals surface area (Å²) in [5.41, 5.74) is 3.39. The second kappa shape index (κ2) is 5.33. The number of hydrogen-bond donors (Lipinski definition) is 0. The van der Waals surface area contributed by atoms with Gasteiger partial charge >= 0.3 is 0 Å². The first-order chi connectivity index (χ1) is 9.66. The van der Waals surface area contributed by atoms with E-state index in [0.29, 0.717) is 0 Å². The fourth-order valence-electron chi connectivity index (χ4n) is 2.59. The van der Waals surface area contributed by atoms with Gasteiger partial charge in [0.2, 0.25) is 0 Å². The molecule has 0 fully saturated rings. The molecule has 3 rings (SSSR count). The number of nitrogens with zero attached hydrogens (tertiary/aromatic N) is 2. The third kappa shape index (κ3) is 2.34. The molecule has 0 N–H and O–H groups in total. The van der Waals surface area contributed by atoms with Crippen molar-refractivity contribution in [1.82, 2.24) is 9.55 Å². The predicted octanol–water partition coefficient (Wildman–Crippen LogP) is 4.48. The molecule has 0 aliphatic rings. The summed E-state index contributed by atoms with van der Waals surface area (Å²) in [4.78, 5) is 4.67. The van der Waals surface area contributed by atoms with E-state index in [1.54, 1.807) is 6.26 Å². The summed E-state index contributed by atoms with van der Waals surface area (Å²) in [6.07, 6.45) is 2.54. The molecule has 0 saturated heterocycles. The molecular weight excluding hydrogens is 272 g/mol. The van der Waals surface area contributed by atoms with Crippen molar-refractivity contribution in [2.45, 2.75) is 32.2 Å². The van der Waals surface area contributed by atoms with Crippen LogP contribution in [0.4, 0.5) is 0 Å². The minimum atomic E-state index is -0.113. The normalized spacial score (nSPS) is 12.9. The summed E-state index contributed by atoms with van der Waals surface area (Å²) in [7, 11) is 0. The Morgan fingerprint density at radius 2 is 2.15 bits per heavy atom. The van der Waals surface area contributed by atoms with Crippen LogP contribution in [0.5, 0.6) is 0 Å². The molecule has 1 unspecified atom stereocenters. The Hall–Kier alpha value is -1.74. The highest BCUT2D eigenvalue weighted by atomic mass is 35.5. The molecule has 0 aliphatic heterocycles. The molecule has 0 bridgehead atoms. The second-order valence-electron chi connectivity index (χ2n) is 5.01. The maximum Gasteiger partial charge on any atom is 0.127 e. The van der Waals surface area contributed by atoms with Crippen LogP contribution >= 0.6 is 11.6 Å². The Bertz CT molecular complexity index is 713. The van der Waals surface area contributed by atoms with Crippen molar-refractivity contribution in [3.05, 3.63) is 53.7 Å². The molecule has 0 aliphatic carbocycles. The molecule has 4 heteroatoms. The lowest BCUT2D eigenvalue weighted by Crippen LogP contribution is -2.07. The SMILES string of the molecule is Cc1cccc2nc(C(C)Cl)n(CCc3ccco3)c12. The van der Waals surface area contributed by atoms with Crippen LogP contribution in [0.2, 0.25) is 0 Å². The van der Waals surface area contributed by atoms with Gasteiger partial charge in [-0.05, 0) is 37.6 Å². The first-order valence-corrected chi connectivity index (χ1v) is 7.22. The summed E-state index contributed by atoms with van der Waals surface area (Å²) in [6, 6.07) is 10.1. The van der Waals surface area contributed by atoms with Gasteiger partial charge in [0.25, 0.3) is 0 Å². The smallest absolute Gasteiger partial charge is 0.127 e. The average Bonchev–Trinajstić information content (AvgIpc) is 3.03. The van der Waals surface area contributed by atoms with Crippen molar-refractivity contribution in [3.63, 3.8) is 0 Å². The van der Waals surface area contributed by atoms with Gasteiger partial charge in [-0.25, -0.2) is 4.98 Å². The molecule has 0 amide bonds. The Kier molecular flexibility index (Phi) is 3.53. The van der Waals surface area contributed by atoms with Crippen LogP contribution in [0, 0.1) is 6.92 Å². The fourth-order valence-corrected chi connectivity index (χ4v) is 2.76. The summed E-state index contributed by atoms with van der Waals surface area (Å²) in [5, 5.41) is -0.113. The number of furan rings is 1. The van der Waals surface area contributed by atoms with Crippen LogP contribution in [0.25, 0.3) is 11.0 Å². The van der Waals surface area contributed by atoms with Crippen molar-refractivity contribution in [2.24, 2.45) is 0 Å². The van der Waals surface area contributed by atoms with E-state index in [0.717, 1.165) is 30.1 Å². The predicted molar refractivity (Wildman–Crippen MR) is 81.2 cm³/mol. The number of aromatic nitrogens is 2. The second-order valence-corrected chi connectivity index (χ2v) is 5.66. The third-order valence-corrected chi connectivity index (χ3v) is 3.71. The maximum absolute atomic E-state index is 6.29. The molecular formula is C16H17ClN2O. The van der Waals surface area contributed by atoms with Gasteiger partial charge in [-0.1, -0.05) is 12.1 Å². The monoisotopic (exact) mass is 288 g/mol. The molecule has 0 saturated carbocycles. The Morgan fingerprint density at radius 3 is 2.85 bits per heavy atom. The van der Waals surface area contributed by atoms with Crippen molar-refractivity contribution < 1.29 is 4.42 Å². The highest BCUT2D eigenvalue weighted by molar-refractivity contribution is 6.20. The first-order valence-electron chi connectivity index (χ1n) is 6.79. The highest BCUT2D eigenvalue weighted by Gasteiger charge is 2.16. The summed E-state index contributed by atoms with van der Waals surface area (Å²) in [6.45, 7) is 4.89. The molecule has 2 heterocycles. The number of benzene rings is 1. The van der Waals surface area contributed by atoms with E-state index in [1.807, 2.05) is 31.2 Å². The lowest BCUT2D eigenvalue weighted by Gasteiger charge is -2.10. The molecule has 1 atom stereocenters.